The molecule has 8 nitrogen and oxygen atoms in total. The molecule has 0 N–H and O–H groups in total. The summed E-state index contributed by atoms with van der Waals surface area (Å²) in [6.45, 7) is 2.50. The fraction of sp³-hybridized carbons (Fsp3) is 0.304. The van der Waals surface area contributed by atoms with E-state index >= 15 is 0 Å². The van der Waals surface area contributed by atoms with Gasteiger partial charge in [-0.2, -0.15) is 4.98 Å². The summed E-state index contributed by atoms with van der Waals surface area (Å²) in [5, 5.41) is 4.10. The number of hydrogen-bond acceptors (Lipinski definition) is 7. The van der Waals surface area contributed by atoms with E-state index < -0.39 is 10.0 Å². The van der Waals surface area contributed by atoms with E-state index in [2.05, 4.69) is 10.1 Å². The van der Waals surface area contributed by atoms with Crippen LogP contribution in [0.1, 0.15) is 63.4 Å². The molecule has 9 heteroatoms. The van der Waals surface area contributed by atoms with Gasteiger partial charge in [0.15, 0.2) is 17.4 Å². The highest BCUT2D eigenvalue weighted by atomic mass is 32.2. The van der Waals surface area contributed by atoms with Crippen LogP contribution < -0.4 is 0 Å². The van der Waals surface area contributed by atoms with Gasteiger partial charge in [-0.05, 0) is 38.0 Å². The Morgan fingerprint density at radius 2 is 1.59 bits per heavy atom. The standard InChI is InChI=1S/C23H21N3O5S/c1-2-32(29,30)26-11-9-14(10-12-26)22-24-23(31-25-22)15-7-8-18-19(13-15)21(28)17-6-4-3-5-16(17)20(18)27/h3-8,13-14H,2,9-12H2,1H3. The number of carbonyl (C=O) groups is 2. The fourth-order valence-electron chi connectivity index (χ4n) is 4.33. The Bertz CT molecular complexity index is 1340. The second kappa shape index (κ2) is 7.75. The number of rotatable bonds is 4. The summed E-state index contributed by atoms with van der Waals surface area (Å²) < 4.78 is 31.1. The van der Waals surface area contributed by atoms with Crippen molar-refractivity contribution in [2.75, 3.05) is 18.8 Å². The lowest BCUT2D eigenvalue weighted by Crippen LogP contribution is -2.38. The number of piperidine rings is 1. The Labute approximate surface area is 185 Å². The molecule has 2 heterocycles. The molecule has 0 unspecified atom stereocenters. The molecule has 1 aliphatic heterocycles. The predicted octanol–water partition coefficient (Wildman–Crippen LogP) is 3.04. The zero-order valence-electron chi connectivity index (χ0n) is 17.4. The number of benzene rings is 2. The highest BCUT2D eigenvalue weighted by molar-refractivity contribution is 7.89. The minimum atomic E-state index is -3.19. The molecule has 2 aliphatic rings. The SMILES string of the molecule is CCS(=O)(=O)N1CCC(c2noc(-c3ccc4c(c3)C(=O)c3ccccc3C4=O)n2)CC1. The van der Waals surface area contributed by atoms with Crippen molar-refractivity contribution in [3.8, 4) is 11.5 Å². The van der Waals surface area contributed by atoms with Crippen molar-refractivity contribution in [3.05, 3.63) is 70.5 Å². The Morgan fingerprint density at radius 3 is 2.25 bits per heavy atom. The highest BCUT2D eigenvalue weighted by Gasteiger charge is 2.32. The first-order valence-electron chi connectivity index (χ1n) is 10.5. The molecule has 5 rings (SSSR count). The van der Waals surface area contributed by atoms with E-state index in [-0.39, 0.29) is 29.1 Å². The van der Waals surface area contributed by atoms with Gasteiger partial charge in [0.25, 0.3) is 5.89 Å². The van der Waals surface area contributed by atoms with Gasteiger partial charge in [-0.15, -0.1) is 0 Å². The quantitative estimate of drug-likeness (QED) is 0.469. The normalized spacial score (nSPS) is 17.3. The van der Waals surface area contributed by atoms with E-state index in [0.29, 0.717) is 59.6 Å². The third-order valence-electron chi connectivity index (χ3n) is 6.19. The van der Waals surface area contributed by atoms with E-state index in [1.165, 1.54) is 4.31 Å². The van der Waals surface area contributed by atoms with Crippen LogP contribution in [0.5, 0.6) is 0 Å². The van der Waals surface area contributed by atoms with Gasteiger partial charge < -0.3 is 4.52 Å². The van der Waals surface area contributed by atoms with Gasteiger partial charge in [-0.25, -0.2) is 12.7 Å². The van der Waals surface area contributed by atoms with Crippen LogP contribution in [0.4, 0.5) is 0 Å². The van der Waals surface area contributed by atoms with E-state index in [4.69, 9.17) is 4.52 Å². The Kier molecular flexibility index (Phi) is 5.02. The molecule has 0 bridgehead atoms. The van der Waals surface area contributed by atoms with Crippen LogP contribution >= 0.6 is 0 Å². The monoisotopic (exact) mass is 451 g/mol. The zero-order chi connectivity index (χ0) is 22.5. The van der Waals surface area contributed by atoms with Gasteiger partial charge in [0, 0.05) is 46.8 Å². The second-order valence-corrected chi connectivity index (χ2v) is 10.3. The van der Waals surface area contributed by atoms with Gasteiger partial charge >= 0.3 is 0 Å². The van der Waals surface area contributed by atoms with Crippen LogP contribution in [0.2, 0.25) is 0 Å². The maximum absolute atomic E-state index is 13.0. The first kappa shape index (κ1) is 20.7. The summed E-state index contributed by atoms with van der Waals surface area (Å²) in [4.78, 5) is 30.2. The van der Waals surface area contributed by atoms with Crippen molar-refractivity contribution in [1.29, 1.82) is 0 Å². The average molecular weight is 452 g/mol. The molecule has 2 aromatic carbocycles. The van der Waals surface area contributed by atoms with E-state index in [9.17, 15) is 18.0 Å². The Morgan fingerprint density at radius 1 is 0.969 bits per heavy atom. The maximum atomic E-state index is 13.0. The van der Waals surface area contributed by atoms with Gasteiger partial charge in [0.1, 0.15) is 0 Å². The number of carbonyl (C=O) groups excluding carboxylic acids is 2. The number of hydrogen-bond donors (Lipinski definition) is 0. The predicted molar refractivity (Wildman–Crippen MR) is 116 cm³/mol. The Balaban J connectivity index is 1.39. The molecule has 0 saturated carbocycles. The lowest BCUT2D eigenvalue weighted by molar-refractivity contribution is 0.0979. The number of aromatic nitrogens is 2. The first-order chi connectivity index (χ1) is 15.4. The second-order valence-electron chi connectivity index (χ2n) is 8.00. The molecular formula is C23H21N3O5S. The molecule has 3 aromatic rings. The summed E-state index contributed by atoms with van der Waals surface area (Å²) >= 11 is 0. The Hall–Kier alpha value is -3.17. The van der Waals surface area contributed by atoms with Crippen LogP contribution in [-0.4, -0.2) is 53.3 Å². The van der Waals surface area contributed by atoms with Crippen molar-refractivity contribution in [2.45, 2.75) is 25.7 Å². The summed E-state index contributed by atoms with van der Waals surface area (Å²) in [5.41, 5.74) is 2.05. The number of nitrogens with zero attached hydrogens (tertiary/aromatic N) is 3. The van der Waals surface area contributed by atoms with Crippen molar-refractivity contribution in [1.82, 2.24) is 14.4 Å². The minimum Gasteiger partial charge on any atom is -0.334 e. The van der Waals surface area contributed by atoms with Crippen LogP contribution in [0.15, 0.2) is 47.0 Å². The van der Waals surface area contributed by atoms with Gasteiger partial charge in [-0.3, -0.25) is 9.59 Å². The zero-order valence-corrected chi connectivity index (χ0v) is 18.3. The van der Waals surface area contributed by atoms with Gasteiger partial charge in [0.2, 0.25) is 10.0 Å². The molecule has 0 amide bonds. The summed E-state index contributed by atoms with van der Waals surface area (Å²) in [6, 6.07) is 11.7. The molecule has 0 radical (unpaired) electrons. The van der Waals surface area contributed by atoms with E-state index in [1.54, 1.807) is 49.4 Å². The third-order valence-corrected chi connectivity index (χ3v) is 8.07. The fourth-order valence-corrected chi connectivity index (χ4v) is 5.46. The topological polar surface area (TPSA) is 110 Å². The first-order valence-corrected chi connectivity index (χ1v) is 12.1. The van der Waals surface area contributed by atoms with Crippen molar-refractivity contribution >= 4 is 21.6 Å². The summed E-state index contributed by atoms with van der Waals surface area (Å²) in [7, 11) is -3.19. The molecule has 1 fully saturated rings. The molecule has 0 atom stereocenters. The molecule has 32 heavy (non-hydrogen) atoms. The molecule has 1 aromatic heterocycles. The van der Waals surface area contributed by atoms with Crippen molar-refractivity contribution in [2.24, 2.45) is 0 Å². The van der Waals surface area contributed by atoms with Gasteiger partial charge in [0.05, 0.1) is 5.75 Å². The smallest absolute Gasteiger partial charge is 0.257 e. The van der Waals surface area contributed by atoms with Crippen LogP contribution in [0.25, 0.3) is 11.5 Å². The average Bonchev–Trinajstić information content (AvgIpc) is 3.33. The lowest BCUT2D eigenvalue weighted by atomic mass is 9.83. The van der Waals surface area contributed by atoms with E-state index in [0.717, 1.165) is 0 Å². The largest absolute Gasteiger partial charge is 0.334 e. The van der Waals surface area contributed by atoms with Crippen LogP contribution in [-0.2, 0) is 10.0 Å². The highest BCUT2D eigenvalue weighted by Crippen LogP contribution is 2.32. The molecule has 164 valence electrons. The minimum absolute atomic E-state index is 0.00326. The van der Waals surface area contributed by atoms with E-state index in [1.807, 2.05) is 0 Å². The van der Waals surface area contributed by atoms with Crippen LogP contribution in [0.3, 0.4) is 0 Å². The van der Waals surface area contributed by atoms with Gasteiger partial charge in [-0.1, -0.05) is 29.4 Å². The number of ketones is 2. The van der Waals surface area contributed by atoms with Crippen molar-refractivity contribution in [3.63, 3.8) is 0 Å². The molecule has 1 aliphatic carbocycles. The lowest BCUT2D eigenvalue weighted by Gasteiger charge is -2.29. The third kappa shape index (κ3) is 3.37. The maximum Gasteiger partial charge on any atom is 0.257 e. The summed E-state index contributed by atoms with van der Waals surface area (Å²) in [5.74, 6) is 0.504. The molecular weight excluding hydrogens is 430 g/mol. The van der Waals surface area contributed by atoms with Crippen LogP contribution in [0, 0.1) is 0 Å². The number of sulfonamides is 1. The van der Waals surface area contributed by atoms with Crippen molar-refractivity contribution < 1.29 is 22.5 Å². The number of fused-ring (bicyclic) bond motifs is 2. The molecule has 1 saturated heterocycles. The summed E-state index contributed by atoms with van der Waals surface area (Å²) in [6.07, 6.45) is 1.23. The molecule has 0 spiro atoms.